The maximum absolute atomic E-state index is 10.9. The van der Waals surface area contributed by atoms with Gasteiger partial charge in [0, 0.05) is 25.3 Å². The summed E-state index contributed by atoms with van der Waals surface area (Å²) in [6, 6.07) is 6.96. The molecule has 1 unspecified atom stereocenters. The number of hydrogen-bond donors (Lipinski definition) is 2. The number of aromatic hydroxyl groups is 1. The van der Waals surface area contributed by atoms with Crippen LogP contribution in [0.4, 0.5) is 17.5 Å². The van der Waals surface area contributed by atoms with Gasteiger partial charge in [-0.25, -0.2) is 4.98 Å². The number of phenols is 1. The number of nitrogens with zero attached hydrogens (tertiary/aromatic N) is 4. The Bertz CT molecular complexity index is 764. The first-order valence-electron chi connectivity index (χ1n) is 7.95. The normalized spacial score (nSPS) is 16.7. The number of aromatic nitrogens is 2. The van der Waals surface area contributed by atoms with E-state index in [1.807, 2.05) is 11.0 Å². The van der Waals surface area contributed by atoms with Gasteiger partial charge in [0.1, 0.15) is 11.9 Å². The molecule has 0 radical (unpaired) electrons. The minimum atomic E-state index is -0.618. The number of ether oxygens (including phenoxy) is 1. The van der Waals surface area contributed by atoms with Gasteiger partial charge in [0.2, 0.25) is 11.8 Å². The van der Waals surface area contributed by atoms with Gasteiger partial charge in [-0.15, -0.1) is 0 Å². The molecule has 1 saturated heterocycles. The smallest absolute Gasteiger partial charge is 0.329 e. The highest BCUT2D eigenvalue weighted by Gasteiger charge is 2.24. The van der Waals surface area contributed by atoms with Crippen LogP contribution >= 0.6 is 0 Å². The molecular weight excluding hydrogens is 326 g/mol. The standard InChI is InChI=1S/C16H19N5O4/c17-15-13(21(23)24)8-18-16(19-15)20(10-12-5-3-7-25-12)9-11-4-1-2-6-14(11)22/h1-2,4,6,8,12,22H,3,5,7,9-10H2,(H2,17,18,19). The Kier molecular flexibility index (Phi) is 4.94. The molecule has 1 aromatic carbocycles. The predicted molar refractivity (Wildman–Crippen MR) is 91.2 cm³/mol. The van der Waals surface area contributed by atoms with Gasteiger partial charge in [-0.05, 0) is 18.9 Å². The quantitative estimate of drug-likeness (QED) is 0.600. The van der Waals surface area contributed by atoms with Gasteiger partial charge < -0.3 is 20.5 Å². The third-order valence-electron chi connectivity index (χ3n) is 4.07. The highest BCUT2D eigenvalue weighted by Crippen LogP contribution is 2.25. The molecule has 132 valence electrons. The van der Waals surface area contributed by atoms with Crippen molar-refractivity contribution in [3.63, 3.8) is 0 Å². The lowest BCUT2D eigenvalue weighted by Gasteiger charge is -2.25. The molecule has 3 N–H and O–H groups in total. The van der Waals surface area contributed by atoms with Gasteiger partial charge in [0.25, 0.3) is 0 Å². The molecule has 2 heterocycles. The minimum Gasteiger partial charge on any atom is -0.508 e. The molecule has 3 rings (SSSR count). The van der Waals surface area contributed by atoms with Gasteiger partial charge in [-0.3, -0.25) is 10.1 Å². The second kappa shape index (κ2) is 7.31. The van der Waals surface area contributed by atoms with Crippen LogP contribution in [0.15, 0.2) is 30.5 Å². The van der Waals surface area contributed by atoms with E-state index in [0.717, 1.165) is 19.0 Å². The average molecular weight is 345 g/mol. The number of phenolic OH excluding ortho intramolecular Hbond substituents is 1. The van der Waals surface area contributed by atoms with E-state index in [0.29, 0.717) is 25.3 Å². The fraction of sp³-hybridized carbons (Fsp3) is 0.375. The molecule has 25 heavy (non-hydrogen) atoms. The summed E-state index contributed by atoms with van der Waals surface area (Å²) >= 11 is 0. The zero-order chi connectivity index (χ0) is 17.8. The average Bonchev–Trinajstić information content (AvgIpc) is 3.09. The SMILES string of the molecule is Nc1nc(N(Cc2ccccc2O)CC2CCCO2)ncc1[N+](=O)[O-]. The van der Waals surface area contributed by atoms with Crippen molar-refractivity contribution in [3.8, 4) is 5.75 Å². The predicted octanol–water partition coefficient (Wildman–Crippen LogP) is 1.86. The Hall–Kier alpha value is -2.94. The molecule has 1 aliphatic rings. The molecule has 9 nitrogen and oxygen atoms in total. The van der Waals surface area contributed by atoms with Gasteiger partial charge in [0.15, 0.2) is 0 Å². The molecule has 0 amide bonds. The molecular formula is C16H19N5O4. The van der Waals surface area contributed by atoms with Crippen LogP contribution < -0.4 is 10.6 Å². The largest absolute Gasteiger partial charge is 0.508 e. The molecule has 9 heteroatoms. The van der Waals surface area contributed by atoms with Crippen molar-refractivity contribution in [1.82, 2.24) is 9.97 Å². The van der Waals surface area contributed by atoms with E-state index < -0.39 is 4.92 Å². The van der Waals surface area contributed by atoms with E-state index in [1.54, 1.807) is 18.2 Å². The summed E-state index contributed by atoms with van der Waals surface area (Å²) in [5.74, 6) is 0.237. The van der Waals surface area contributed by atoms with Crippen LogP contribution in [0.25, 0.3) is 0 Å². The van der Waals surface area contributed by atoms with Crippen molar-refractivity contribution < 1.29 is 14.8 Å². The molecule has 0 bridgehead atoms. The van der Waals surface area contributed by atoms with E-state index in [9.17, 15) is 15.2 Å². The van der Waals surface area contributed by atoms with Crippen LogP contribution in [0, 0.1) is 10.1 Å². The molecule has 0 spiro atoms. The van der Waals surface area contributed by atoms with Crippen LogP contribution in [0.3, 0.4) is 0 Å². The van der Waals surface area contributed by atoms with Crippen molar-refractivity contribution in [2.24, 2.45) is 0 Å². The first-order chi connectivity index (χ1) is 12.0. The fourth-order valence-corrected chi connectivity index (χ4v) is 2.77. The number of nitrogens with two attached hydrogens (primary N) is 1. The van der Waals surface area contributed by atoms with Crippen molar-refractivity contribution in [1.29, 1.82) is 0 Å². The van der Waals surface area contributed by atoms with Gasteiger partial charge in [0.05, 0.1) is 11.0 Å². The van der Waals surface area contributed by atoms with Crippen LogP contribution in [0.5, 0.6) is 5.75 Å². The molecule has 2 aromatic rings. The van der Waals surface area contributed by atoms with Crippen molar-refractivity contribution in [2.45, 2.75) is 25.5 Å². The summed E-state index contributed by atoms with van der Waals surface area (Å²) in [4.78, 5) is 20.2. The maximum atomic E-state index is 10.9. The minimum absolute atomic E-state index is 0.0193. The first-order valence-corrected chi connectivity index (χ1v) is 7.95. The molecule has 1 fully saturated rings. The van der Waals surface area contributed by atoms with Crippen LogP contribution in [0.1, 0.15) is 18.4 Å². The van der Waals surface area contributed by atoms with E-state index in [2.05, 4.69) is 9.97 Å². The summed E-state index contributed by atoms with van der Waals surface area (Å²) in [6.07, 6.45) is 3.02. The zero-order valence-electron chi connectivity index (χ0n) is 13.5. The highest BCUT2D eigenvalue weighted by molar-refractivity contribution is 5.54. The molecule has 1 atom stereocenters. The van der Waals surface area contributed by atoms with Crippen LogP contribution in [-0.4, -0.2) is 39.3 Å². The Morgan fingerprint density at radius 1 is 1.44 bits per heavy atom. The molecule has 0 aliphatic carbocycles. The first kappa shape index (κ1) is 16.9. The third kappa shape index (κ3) is 3.94. The van der Waals surface area contributed by atoms with E-state index in [1.165, 1.54) is 0 Å². The molecule has 0 saturated carbocycles. The third-order valence-corrected chi connectivity index (χ3v) is 4.07. The van der Waals surface area contributed by atoms with E-state index >= 15 is 0 Å². The number of benzene rings is 1. The number of hydrogen-bond acceptors (Lipinski definition) is 8. The molecule has 1 aromatic heterocycles. The lowest BCUT2D eigenvalue weighted by Crippen LogP contribution is -2.33. The van der Waals surface area contributed by atoms with Gasteiger partial charge >= 0.3 is 5.69 Å². The number of nitro groups is 1. The fourth-order valence-electron chi connectivity index (χ4n) is 2.77. The van der Waals surface area contributed by atoms with Crippen molar-refractivity contribution in [2.75, 3.05) is 23.8 Å². The zero-order valence-corrected chi connectivity index (χ0v) is 13.5. The lowest BCUT2D eigenvalue weighted by molar-refractivity contribution is -0.384. The number of para-hydroxylation sites is 1. The second-order valence-electron chi connectivity index (χ2n) is 5.84. The molecule has 1 aliphatic heterocycles. The van der Waals surface area contributed by atoms with Gasteiger partial charge in [-0.1, -0.05) is 18.2 Å². The summed E-state index contributed by atoms with van der Waals surface area (Å²) in [5, 5.41) is 20.9. The Morgan fingerprint density at radius 3 is 2.88 bits per heavy atom. The summed E-state index contributed by atoms with van der Waals surface area (Å²) < 4.78 is 5.67. The number of anilines is 2. The monoisotopic (exact) mass is 345 g/mol. The van der Waals surface area contributed by atoms with Crippen molar-refractivity contribution in [3.05, 3.63) is 46.1 Å². The second-order valence-corrected chi connectivity index (χ2v) is 5.84. The summed E-state index contributed by atoms with van der Waals surface area (Å²) in [5.41, 5.74) is 6.06. The Morgan fingerprint density at radius 2 is 2.24 bits per heavy atom. The van der Waals surface area contributed by atoms with Crippen molar-refractivity contribution >= 4 is 17.5 Å². The van der Waals surface area contributed by atoms with E-state index in [4.69, 9.17) is 10.5 Å². The van der Waals surface area contributed by atoms with Crippen LogP contribution in [0.2, 0.25) is 0 Å². The summed E-state index contributed by atoms with van der Waals surface area (Å²) in [6.45, 7) is 1.55. The highest BCUT2D eigenvalue weighted by atomic mass is 16.6. The topological polar surface area (TPSA) is 128 Å². The lowest BCUT2D eigenvalue weighted by atomic mass is 10.1. The maximum Gasteiger partial charge on any atom is 0.329 e. The van der Waals surface area contributed by atoms with Crippen LogP contribution in [-0.2, 0) is 11.3 Å². The van der Waals surface area contributed by atoms with E-state index in [-0.39, 0.29) is 29.3 Å². The Balaban J connectivity index is 1.88. The number of rotatable bonds is 6. The summed E-state index contributed by atoms with van der Waals surface area (Å²) in [7, 11) is 0. The number of nitrogen functional groups attached to an aromatic ring is 1. The van der Waals surface area contributed by atoms with Gasteiger partial charge in [-0.2, -0.15) is 4.98 Å². The Labute approximate surface area is 144 Å².